The Morgan fingerprint density at radius 3 is 2.62 bits per heavy atom. The quantitative estimate of drug-likeness (QED) is 0.703. The van der Waals surface area contributed by atoms with Crippen molar-refractivity contribution in [3.8, 4) is 0 Å². The molecule has 0 bridgehead atoms. The SMILES string of the molecule is CCOC1CC(NCC2CCC2)C1. The highest BCUT2D eigenvalue weighted by Crippen LogP contribution is 2.27. The molecular weight excluding hydrogens is 162 g/mol. The third kappa shape index (κ3) is 2.44. The zero-order valence-corrected chi connectivity index (χ0v) is 8.59. The van der Waals surface area contributed by atoms with Gasteiger partial charge in [0.1, 0.15) is 0 Å². The summed E-state index contributed by atoms with van der Waals surface area (Å²) in [7, 11) is 0. The number of ether oxygens (including phenoxy) is 1. The average molecular weight is 183 g/mol. The van der Waals surface area contributed by atoms with Crippen LogP contribution >= 0.6 is 0 Å². The van der Waals surface area contributed by atoms with E-state index in [-0.39, 0.29) is 0 Å². The van der Waals surface area contributed by atoms with Crippen LogP contribution in [0.25, 0.3) is 0 Å². The molecule has 76 valence electrons. The van der Waals surface area contributed by atoms with Gasteiger partial charge in [0, 0.05) is 12.6 Å². The van der Waals surface area contributed by atoms with E-state index in [0.717, 1.165) is 18.6 Å². The molecule has 2 rings (SSSR count). The molecule has 2 aliphatic carbocycles. The predicted molar refractivity (Wildman–Crippen MR) is 53.8 cm³/mol. The summed E-state index contributed by atoms with van der Waals surface area (Å²) in [5.41, 5.74) is 0. The highest BCUT2D eigenvalue weighted by Gasteiger charge is 2.30. The van der Waals surface area contributed by atoms with E-state index in [1.54, 1.807) is 0 Å². The smallest absolute Gasteiger partial charge is 0.0604 e. The summed E-state index contributed by atoms with van der Waals surface area (Å²) < 4.78 is 5.52. The molecule has 0 saturated heterocycles. The van der Waals surface area contributed by atoms with E-state index in [1.165, 1.54) is 38.6 Å². The number of hydrogen-bond acceptors (Lipinski definition) is 2. The van der Waals surface area contributed by atoms with Crippen LogP contribution in [0.1, 0.15) is 39.0 Å². The van der Waals surface area contributed by atoms with E-state index in [1.807, 2.05) is 0 Å². The van der Waals surface area contributed by atoms with Crippen LogP contribution in [0.2, 0.25) is 0 Å². The fraction of sp³-hybridized carbons (Fsp3) is 1.00. The molecule has 0 radical (unpaired) electrons. The van der Waals surface area contributed by atoms with Gasteiger partial charge in [0.15, 0.2) is 0 Å². The highest BCUT2D eigenvalue weighted by molar-refractivity contribution is 4.87. The summed E-state index contributed by atoms with van der Waals surface area (Å²) in [6.07, 6.45) is 7.40. The Hall–Kier alpha value is -0.0800. The zero-order valence-electron chi connectivity index (χ0n) is 8.59. The molecule has 0 aromatic carbocycles. The predicted octanol–water partition coefficient (Wildman–Crippen LogP) is 1.94. The molecule has 0 aromatic heterocycles. The van der Waals surface area contributed by atoms with E-state index in [9.17, 15) is 0 Å². The summed E-state index contributed by atoms with van der Waals surface area (Å²) in [5.74, 6) is 0.992. The minimum absolute atomic E-state index is 0.559. The van der Waals surface area contributed by atoms with Crippen LogP contribution in [0.15, 0.2) is 0 Å². The molecule has 0 aliphatic heterocycles. The zero-order chi connectivity index (χ0) is 9.10. The number of hydrogen-bond donors (Lipinski definition) is 1. The average Bonchev–Trinajstić information content (AvgIpc) is 1.96. The van der Waals surface area contributed by atoms with Crippen LogP contribution in [-0.4, -0.2) is 25.3 Å². The Morgan fingerprint density at radius 1 is 1.31 bits per heavy atom. The Bertz CT molecular complexity index is 150. The molecule has 1 N–H and O–H groups in total. The second-order valence-electron chi connectivity index (χ2n) is 4.45. The normalized spacial score (nSPS) is 33.9. The van der Waals surface area contributed by atoms with Gasteiger partial charge in [-0.05, 0) is 45.1 Å². The summed E-state index contributed by atoms with van der Waals surface area (Å²) in [6.45, 7) is 4.21. The van der Waals surface area contributed by atoms with Crippen molar-refractivity contribution in [2.45, 2.75) is 51.2 Å². The summed E-state index contributed by atoms with van der Waals surface area (Å²) in [6, 6.07) is 0.761. The van der Waals surface area contributed by atoms with E-state index >= 15 is 0 Å². The first-order valence-corrected chi connectivity index (χ1v) is 5.73. The second-order valence-corrected chi connectivity index (χ2v) is 4.45. The van der Waals surface area contributed by atoms with Crippen molar-refractivity contribution in [3.63, 3.8) is 0 Å². The molecular formula is C11H21NO. The van der Waals surface area contributed by atoms with Gasteiger partial charge in [-0.15, -0.1) is 0 Å². The van der Waals surface area contributed by atoms with Crippen molar-refractivity contribution in [3.05, 3.63) is 0 Å². The first kappa shape index (κ1) is 9.47. The molecule has 2 saturated carbocycles. The number of rotatable bonds is 5. The molecule has 2 fully saturated rings. The van der Waals surface area contributed by atoms with Crippen LogP contribution in [0.4, 0.5) is 0 Å². The first-order chi connectivity index (χ1) is 6.38. The van der Waals surface area contributed by atoms with Crippen molar-refractivity contribution in [1.82, 2.24) is 5.32 Å². The van der Waals surface area contributed by atoms with Gasteiger partial charge in [0.25, 0.3) is 0 Å². The van der Waals surface area contributed by atoms with Crippen LogP contribution in [-0.2, 0) is 4.74 Å². The fourth-order valence-electron chi connectivity index (χ4n) is 2.13. The van der Waals surface area contributed by atoms with Crippen LogP contribution in [0, 0.1) is 5.92 Å². The molecule has 0 aromatic rings. The van der Waals surface area contributed by atoms with E-state index in [2.05, 4.69) is 12.2 Å². The van der Waals surface area contributed by atoms with Crippen molar-refractivity contribution in [1.29, 1.82) is 0 Å². The molecule has 2 nitrogen and oxygen atoms in total. The van der Waals surface area contributed by atoms with Gasteiger partial charge in [-0.25, -0.2) is 0 Å². The van der Waals surface area contributed by atoms with Gasteiger partial charge in [0.2, 0.25) is 0 Å². The Morgan fingerprint density at radius 2 is 2.08 bits per heavy atom. The van der Waals surface area contributed by atoms with Crippen LogP contribution in [0.3, 0.4) is 0 Å². The van der Waals surface area contributed by atoms with Gasteiger partial charge in [-0.2, -0.15) is 0 Å². The largest absolute Gasteiger partial charge is 0.378 e. The lowest BCUT2D eigenvalue weighted by Gasteiger charge is -2.37. The lowest BCUT2D eigenvalue weighted by molar-refractivity contribution is -0.0112. The minimum atomic E-state index is 0.559. The van der Waals surface area contributed by atoms with Gasteiger partial charge < -0.3 is 10.1 Å². The maximum atomic E-state index is 5.52. The van der Waals surface area contributed by atoms with Gasteiger partial charge in [-0.1, -0.05) is 6.42 Å². The maximum absolute atomic E-state index is 5.52. The van der Waals surface area contributed by atoms with Crippen molar-refractivity contribution >= 4 is 0 Å². The third-order valence-electron chi connectivity index (χ3n) is 3.42. The Labute approximate surface area is 81.0 Å². The lowest BCUT2D eigenvalue weighted by atomic mass is 9.83. The third-order valence-corrected chi connectivity index (χ3v) is 3.42. The second kappa shape index (κ2) is 4.43. The molecule has 0 atom stereocenters. The topological polar surface area (TPSA) is 21.3 Å². The molecule has 2 heteroatoms. The van der Waals surface area contributed by atoms with Crippen molar-refractivity contribution < 1.29 is 4.74 Å². The van der Waals surface area contributed by atoms with Crippen LogP contribution in [0.5, 0.6) is 0 Å². The van der Waals surface area contributed by atoms with Gasteiger partial charge in [0.05, 0.1) is 6.10 Å². The van der Waals surface area contributed by atoms with Gasteiger partial charge >= 0.3 is 0 Å². The standard InChI is InChI=1S/C11H21NO/c1-2-13-11-6-10(7-11)12-8-9-4-3-5-9/h9-12H,2-8H2,1H3. The van der Waals surface area contributed by atoms with Gasteiger partial charge in [-0.3, -0.25) is 0 Å². The monoisotopic (exact) mass is 183 g/mol. The highest BCUT2D eigenvalue weighted by atomic mass is 16.5. The van der Waals surface area contributed by atoms with Crippen molar-refractivity contribution in [2.24, 2.45) is 5.92 Å². The van der Waals surface area contributed by atoms with Crippen molar-refractivity contribution in [2.75, 3.05) is 13.2 Å². The molecule has 0 spiro atoms. The molecule has 0 heterocycles. The Balaban J connectivity index is 1.49. The molecule has 2 aliphatic rings. The molecule has 0 amide bonds. The maximum Gasteiger partial charge on any atom is 0.0604 e. The minimum Gasteiger partial charge on any atom is -0.378 e. The van der Waals surface area contributed by atoms with E-state index in [4.69, 9.17) is 4.74 Å². The lowest BCUT2D eigenvalue weighted by Crippen LogP contribution is -2.47. The van der Waals surface area contributed by atoms with E-state index < -0.39 is 0 Å². The fourth-order valence-corrected chi connectivity index (χ4v) is 2.13. The number of nitrogens with one attached hydrogen (secondary N) is 1. The molecule has 13 heavy (non-hydrogen) atoms. The van der Waals surface area contributed by atoms with Crippen LogP contribution < -0.4 is 5.32 Å². The summed E-state index contributed by atoms with van der Waals surface area (Å²) in [4.78, 5) is 0. The summed E-state index contributed by atoms with van der Waals surface area (Å²) in [5, 5.41) is 3.63. The molecule has 0 unspecified atom stereocenters. The first-order valence-electron chi connectivity index (χ1n) is 5.73. The van der Waals surface area contributed by atoms with E-state index in [0.29, 0.717) is 6.10 Å². The summed E-state index contributed by atoms with van der Waals surface area (Å²) >= 11 is 0. The Kier molecular flexibility index (Phi) is 3.23.